The average molecular weight is 274 g/mol. The van der Waals surface area contributed by atoms with Crippen molar-refractivity contribution in [1.82, 2.24) is 10.2 Å². The molecule has 0 radical (unpaired) electrons. The minimum atomic E-state index is 0.0492. The molecule has 0 aromatic heterocycles. The van der Waals surface area contributed by atoms with Gasteiger partial charge in [-0.25, -0.2) is 4.79 Å². The Hall–Kier alpha value is -1.71. The first kappa shape index (κ1) is 13.3. The highest BCUT2D eigenvalue weighted by atomic mass is 16.3. The van der Waals surface area contributed by atoms with Crippen molar-refractivity contribution in [2.45, 2.75) is 20.3 Å². The summed E-state index contributed by atoms with van der Waals surface area (Å²) < 4.78 is 0. The van der Waals surface area contributed by atoms with E-state index in [2.05, 4.69) is 19.2 Å². The molecule has 2 fully saturated rings. The number of nitrogens with one attached hydrogen (secondary N) is 1. The number of piperidine rings is 1. The molecule has 3 rings (SSSR count). The third-order valence-corrected chi connectivity index (χ3v) is 5.01. The number of benzene rings is 1. The van der Waals surface area contributed by atoms with Crippen molar-refractivity contribution in [3.05, 3.63) is 29.8 Å². The maximum atomic E-state index is 12.0. The number of carbonyl (C=O) groups is 1. The molecule has 1 heterocycles. The second-order valence-electron chi connectivity index (χ2n) is 6.59. The number of urea groups is 1. The highest BCUT2D eigenvalue weighted by Gasteiger charge is 2.62. The van der Waals surface area contributed by atoms with Gasteiger partial charge in [-0.05, 0) is 41.4 Å². The lowest BCUT2D eigenvalue weighted by molar-refractivity contribution is 0.196. The molecule has 0 spiro atoms. The molecule has 20 heavy (non-hydrogen) atoms. The van der Waals surface area contributed by atoms with Crippen LogP contribution >= 0.6 is 0 Å². The molecule has 2 amide bonds. The fraction of sp³-hybridized carbons (Fsp3) is 0.562. The predicted molar refractivity (Wildman–Crippen MR) is 77.5 cm³/mol. The van der Waals surface area contributed by atoms with Crippen molar-refractivity contribution >= 4 is 6.03 Å². The van der Waals surface area contributed by atoms with Crippen LogP contribution in [-0.2, 0) is 6.42 Å². The van der Waals surface area contributed by atoms with Crippen LogP contribution in [-0.4, -0.2) is 35.7 Å². The summed E-state index contributed by atoms with van der Waals surface area (Å²) in [7, 11) is 0. The number of hydrogen-bond donors (Lipinski definition) is 2. The van der Waals surface area contributed by atoms with Crippen LogP contribution in [0.2, 0.25) is 0 Å². The monoisotopic (exact) mass is 274 g/mol. The average Bonchev–Trinajstić information content (AvgIpc) is 2.80. The number of amides is 2. The maximum Gasteiger partial charge on any atom is 0.317 e. The second kappa shape index (κ2) is 4.69. The number of phenolic OH excluding ortho intramolecular Hbond substituents is 1. The van der Waals surface area contributed by atoms with Crippen LogP contribution in [0.15, 0.2) is 24.3 Å². The molecule has 1 aliphatic carbocycles. The van der Waals surface area contributed by atoms with E-state index in [9.17, 15) is 9.90 Å². The zero-order chi connectivity index (χ0) is 14.3. The van der Waals surface area contributed by atoms with Crippen LogP contribution in [0.25, 0.3) is 0 Å². The molecule has 1 aliphatic heterocycles. The van der Waals surface area contributed by atoms with E-state index in [1.807, 2.05) is 17.0 Å². The van der Waals surface area contributed by atoms with Crippen LogP contribution < -0.4 is 5.32 Å². The number of rotatable bonds is 3. The molecule has 1 aromatic rings. The van der Waals surface area contributed by atoms with Crippen LogP contribution in [0.5, 0.6) is 5.75 Å². The first-order valence-electron chi connectivity index (χ1n) is 7.29. The van der Waals surface area contributed by atoms with Gasteiger partial charge in [0.05, 0.1) is 0 Å². The molecule has 108 valence electrons. The standard InChI is InChI=1S/C16H22N2O2/c1-16(2)13-9-18(10-14(13)16)15(20)17-7-6-11-4-3-5-12(19)8-11/h3-5,8,13-14,19H,6-7,9-10H2,1-2H3,(H,17,20). The Morgan fingerprint density at radius 1 is 1.40 bits per heavy atom. The smallest absolute Gasteiger partial charge is 0.317 e. The van der Waals surface area contributed by atoms with Crippen LogP contribution in [0.3, 0.4) is 0 Å². The Morgan fingerprint density at radius 2 is 2.10 bits per heavy atom. The summed E-state index contributed by atoms with van der Waals surface area (Å²) >= 11 is 0. The molecular weight excluding hydrogens is 252 g/mol. The Bertz CT molecular complexity index is 513. The summed E-state index contributed by atoms with van der Waals surface area (Å²) in [6.07, 6.45) is 0.742. The van der Waals surface area contributed by atoms with Gasteiger partial charge in [-0.2, -0.15) is 0 Å². The van der Waals surface area contributed by atoms with Crippen molar-refractivity contribution in [3.8, 4) is 5.75 Å². The normalized spacial score (nSPS) is 26.2. The molecule has 2 unspecified atom stereocenters. The minimum absolute atomic E-state index is 0.0492. The van der Waals surface area contributed by atoms with Gasteiger partial charge in [-0.1, -0.05) is 26.0 Å². The molecule has 2 atom stereocenters. The largest absolute Gasteiger partial charge is 0.508 e. The molecule has 1 saturated heterocycles. The molecule has 0 bridgehead atoms. The van der Waals surface area contributed by atoms with E-state index < -0.39 is 0 Å². The minimum Gasteiger partial charge on any atom is -0.508 e. The molecule has 2 aliphatic rings. The number of fused-ring (bicyclic) bond motifs is 1. The Kier molecular flexibility index (Phi) is 3.11. The zero-order valence-corrected chi connectivity index (χ0v) is 12.1. The Labute approximate surface area is 119 Å². The number of carbonyl (C=O) groups excluding carboxylic acids is 1. The van der Waals surface area contributed by atoms with Gasteiger partial charge in [0.25, 0.3) is 0 Å². The number of nitrogens with zero attached hydrogens (tertiary/aromatic N) is 1. The van der Waals surface area contributed by atoms with Gasteiger partial charge in [0.15, 0.2) is 0 Å². The molecular formula is C16H22N2O2. The lowest BCUT2D eigenvalue weighted by atomic mass is 10.1. The van der Waals surface area contributed by atoms with Crippen molar-refractivity contribution in [3.63, 3.8) is 0 Å². The number of likely N-dealkylation sites (tertiary alicyclic amines) is 1. The van der Waals surface area contributed by atoms with E-state index in [4.69, 9.17) is 0 Å². The van der Waals surface area contributed by atoms with Crippen LogP contribution in [0.1, 0.15) is 19.4 Å². The fourth-order valence-corrected chi connectivity index (χ4v) is 3.44. The van der Waals surface area contributed by atoms with Crippen molar-refractivity contribution in [1.29, 1.82) is 0 Å². The van der Waals surface area contributed by atoms with Gasteiger partial charge in [0.1, 0.15) is 5.75 Å². The highest BCUT2D eigenvalue weighted by molar-refractivity contribution is 5.74. The van der Waals surface area contributed by atoms with Crippen molar-refractivity contribution in [2.75, 3.05) is 19.6 Å². The summed E-state index contributed by atoms with van der Waals surface area (Å²) in [5.41, 5.74) is 1.48. The molecule has 2 N–H and O–H groups in total. The number of phenols is 1. The third kappa shape index (κ3) is 2.35. The van der Waals surface area contributed by atoms with Crippen molar-refractivity contribution < 1.29 is 9.90 Å². The SMILES string of the molecule is CC1(C)C2CN(C(=O)NCCc3cccc(O)c3)CC21. The number of hydrogen-bond acceptors (Lipinski definition) is 2. The Balaban J connectivity index is 1.43. The molecule has 1 saturated carbocycles. The highest BCUT2D eigenvalue weighted by Crippen LogP contribution is 2.61. The van der Waals surface area contributed by atoms with Crippen molar-refractivity contribution in [2.24, 2.45) is 17.3 Å². The van der Waals surface area contributed by atoms with E-state index in [0.29, 0.717) is 23.8 Å². The van der Waals surface area contributed by atoms with Gasteiger partial charge in [0, 0.05) is 19.6 Å². The molecule has 1 aromatic carbocycles. The lowest BCUT2D eigenvalue weighted by Crippen LogP contribution is -2.41. The van der Waals surface area contributed by atoms with Gasteiger partial charge in [0.2, 0.25) is 0 Å². The zero-order valence-electron chi connectivity index (χ0n) is 12.1. The van der Waals surface area contributed by atoms with E-state index in [0.717, 1.165) is 25.1 Å². The first-order chi connectivity index (χ1) is 9.48. The maximum absolute atomic E-state index is 12.0. The second-order valence-corrected chi connectivity index (χ2v) is 6.59. The summed E-state index contributed by atoms with van der Waals surface area (Å²) in [5, 5.41) is 12.3. The fourth-order valence-electron chi connectivity index (χ4n) is 3.44. The predicted octanol–water partition coefficient (Wildman–Crippen LogP) is 2.23. The van der Waals surface area contributed by atoms with Crippen LogP contribution in [0, 0.1) is 17.3 Å². The first-order valence-corrected chi connectivity index (χ1v) is 7.29. The van der Waals surface area contributed by atoms with E-state index in [1.165, 1.54) is 0 Å². The summed E-state index contributed by atoms with van der Waals surface area (Å²) in [6.45, 7) is 6.99. The molecule has 4 heteroatoms. The van der Waals surface area contributed by atoms with Gasteiger partial charge < -0.3 is 15.3 Å². The van der Waals surface area contributed by atoms with E-state index in [1.54, 1.807) is 12.1 Å². The lowest BCUT2D eigenvalue weighted by Gasteiger charge is -2.22. The number of aromatic hydroxyl groups is 1. The summed E-state index contributed by atoms with van der Waals surface area (Å²) in [5.74, 6) is 1.66. The third-order valence-electron chi connectivity index (χ3n) is 5.01. The van der Waals surface area contributed by atoms with E-state index in [-0.39, 0.29) is 11.8 Å². The van der Waals surface area contributed by atoms with Gasteiger partial charge in [-0.15, -0.1) is 0 Å². The topological polar surface area (TPSA) is 52.6 Å². The summed E-state index contributed by atoms with van der Waals surface area (Å²) in [4.78, 5) is 14.0. The summed E-state index contributed by atoms with van der Waals surface area (Å²) in [6, 6.07) is 7.22. The molecule has 4 nitrogen and oxygen atoms in total. The van der Waals surface area contributed by atoms with Gasteiger partial charge in [-0.3, -0.25) is 0 Å². The Morgan fingerprint density at radius 3 is 2.75 bits per heavy atom. The quantitative estimate of drug-likeness (QED) is 0.888. The van der Waals surface area contributed by atoms with Crippen LogP contribution in [0.4, 0.5) is 4.79 Å². The van der Waals surface area contributed by atoms with E-state index >= 15 is 0 Å². The van der Waals surface area contributed by atoms with Gasteiger partial charge >= 0.3 is 6.03 Å².